The van der Waals surface area contributed by atoms with Crippen molar-refractivity contribution in [3.8, 4) is 0 Å². The first-order chi connectivity index (χ1) is 9.27. The van der Waals surface area contributed by atoms with Gasteiger partial charge in [-0.3, -0.25) is 4.79 Å². The number of rotatable bonds is 6. The normalized spacial score (nSPS) is 18.8. The summed E-state index contributed by atoms with van der Waals surface area (Å²) in [4.78, 5) is 16.9. The minimum atomic E-state index is 0.180. The molecular formula is C16H24N2O. The minimum Gasteiger partial charge on any atom is -0.374 e. The third-order valence-electron chi connectivity index (χ3n) is 3.92. The Bertz CT molecular complexity index is 382. The van der Waals surface area contributed by atoms with Crippen LogP contribution in [0, 0.1) is 0 Å². The predicted octanol–water partition coefficient (Wildman–Crippen LogP) is 2.72. The summed E-state index contributed by atoms with van der Waals surface area (Å²) < 4.78 is 0. The van der Waals surface area contributed by atoms with Crippen molar-refractivity contribution in [3.63, 3.8) is 0 Å². The van der Waals surface area contributed by atoms with E-state index in [4.69, 9.17) is 0 Å². The van der Waals surface area contributed by atoms with Gasteiger partial charge in [0.1, 0.15) is 0 Å². The highest BCUT2D eigenvalue weighted by molar-refractivity contribution is 5.94. The standard InChI is InChI=1S/C16H24N2O/c1-3-10-18(11-4-2)16(19)14-8-7-9-15(14)17-12-5-6-13-17/h3-4H,1-2,5-13H2. The van der Waals surface area contributed by atoms with Crippen molar-refractivity contribution < 1.29 is 4.79 Å². The van der Waals surface area contributed by atoms with Crippen molar-refractivity contribution >= 4 is 5.91 Å². The molecule has 1 saturated heterocycles. The summed E-state index contributed by atoms with van der Waals surface area (Å²) in [6.45, 7) is 10.9. The van der Waals surface area contributed by atoms with Crippen LogP contribution in [-0.4, -0.2) is 41.9 Å². The van der Waals surface area contributed by atoms with Gasteiger partial charge in [-0.05, 0) is 32.1 Å². The number of carbonyl (C=O) groups excluding carboxylic acids is 1. The summed E-state index contributed by atoms with van der Waals surface area (Å²) in [6.07, 6.45) is 9.19. The maximum atomic E-state index is 12.6. The fraction of sp³-hybridized carbons (Fsp3) is 0.562. The summed E-state index contributed by atoms with van der Waals surface area (Å²) in [7, 11) is 0. The van der Waals surface area contributed by atoms with Crippen LogP contribution in [0.2, 0.25) is 0 Å². The average Bonchev–Trinajstić information content (AvgIpc) is 3.07. The lowest BCUT2D eigenvalue weighted by Crippen LogP contribution is -2.33. The van der Waals surface area contributed by atoms with Crippen LogP contribution in [0.3, 0.4) is 0 Å². The zero-order chi connectivity index (χ0) is 13.7. The van der Waals surface area contributed by atoms with Crippen LogP contribution in [0.4, 0.5) is 0 Å². The molecule has 19 heavy (non-hydrogen) atoms. The number of nitrogens with zero attached hydrogens (tertiary/aromatic N) is 2. The Morgan fingerprint density at radius 2 is 1.74 bits per heavy atom. The monoisotopic (exact) mass is 260 g/mol. The molecular weight excluding hydrogens is 236 g/mol. The molecule has 1 heterocycles. The van der Waals surface area contributed by atoms with Crippen LogP contribution < -0.4 is 0 Å². The van der Waals surface area contributed by atoms with Gasteiger partial charge in [0, 0.05) is 37.4 Å². The quantitative estimate of drug-likeness (QED) is 0.686. The summed E-state index contributed by atoms with van der Waals surface area (Å²) in [5.41, 5.74) is 2.34. The number of amides is 1. The molecule has 3 nitrogen and oxygen atoms in total. The van der Waals surface area contributed by atoms with Gasteiger partial charge < -0.3 is 9.80 Å². The molecule has 0 bridgehead atoms. The first kappa shape index (κ1) is 13.9. The molecule has 1 amide bonds. The maximum absolute atomic E-state index is 12.6. The highest BCUT2D eigenvalue weighted by Gasteiger charge is 2.28. The van der Waals surface area contributed by atoms with Crippen LogP contribution in [0.1, 0.15) is 32.1 Å². The van der Waals surface area contributed by atoms with E-state index in [0.717, 1.165) is 37.9 Å². The molecule has 104 valence electrons. The summed E-state index contributed by atoms with van der Waals surface area (Å²) in [6, 6.07) is 0. The number of hydrogen-bond acceptors (Lipinski definition) is 2. The maximum Gasteiger partial charge on any atom is 0.252 e. The molecule has 0 aromatic carbocycles. The second kappa shape index (κ2) is 6.60. The molecule has 2 aliphatic rings. The van der Waals surface area contributed by atoms with Crippen LogP contribution in [0.25, 0.3) is 0 Å². The van der Waals surface area contributed by atoms with Gasteiger partial charge in [-0.15, -0.1) is 13.2 Å². The first-order valence-corrected chi connectivity index (χ1v) is 7.26. The first-order valence-electron chi connectivity index (χ1n) is 7.26. The zero-order valence-electron chi connectivity index (χ0n) is 11.7. The zero-order valence-corrected chi connectivity index (χ0v) is 11.7. The Morgan fingerprint density at radius 3 is 2.32 bits per heavy atom. The van der Waals surface area contributed by atoms with E-state index in [1.165, 1.54) is 18.5 Å². The lowest BCUT2D eigenvalue weighted by atomic mass is 10.2. The van der Waals surface area contributed by atoms with Crippen LogP contribution >= 0.6 is 0 Å². The van der Waals surface area contributed by atoms with Gasteiger partial charge in [0.2, 0.25) is 0 Å². The molecule has 0 N–H and O–H groups in total. The van der Waals surface area contributed by atoms with Crippen LogP contribution in [-0.2, 0) is 4.79 Å². The van der Waals surface area contributed by atoms with Gasteiger partial charge in [-0.1, -0.05) is 12.2 Å². The van der Waals surface area contributed by atoms with Crippen molar-refractivity contribution in [1.82, 2.24) is 9.80 Å². The molecule has 2 rings (SSSR count). The summed E-state index contributed by atoms with van der Waals surface area (Å²) in [5.74, 6) is 0.180. The molecule has 3 heteroatoms. The Hall–Kier alpha value is -1.51. The smallest absolute Gasteiger partial charge is 0.252 e. The lowest BCUT2D eigenvalue weighted by molar-refractivity contribution is -0.126. The molecule has 0 unspecified atom stereocenters. The largest absolute Gasteiger partial charge is 0.374 e. The fourth-order valence-electron chi connectivity index (χ4n) is 3.04. The van der Waals surface area contributed by atoms with E-state index in [-0.39, 0.29) is 5.91 Å². The van der Waals surface area contributed by atoms with Crippen LogP contribution in [0.5, 0.6) is 0 Å². The molecule has 1 aliphatic carbocycles. The Labute approximate surface area is 116 Å². The number of hydrogen-bond donors (Lipinski definition) is 0. The predicted molar refractivity (Wildman–Crippen MR) is 78.7 cm³/mol. The Balaban J connectivity index is 2.16. The van der Waals surface area contributed by atoms with Crippen molar-refractivity contribution in [3.05, 3.63) is 36.6 Å². The van der Waals surface area contributed by atoms with E-state index >= 15 is 0 Å². The highest BCUT2D eigenvalue weighted by atomic mass is 16.2. The molecule has 0 aromatic heterocycles. The van der Waals surface area contributed by atoms with Crippen molar-refractivity contribution in [2.45, 2.75) is 32.1 Å². The Kier molecular flexibility index (Phi) is 4.83. The lowest BCUT2D eigenvalue weighted by Gasteiger charge is -2.24. The van der Waals surface area contributed by atoms with Gasteiger partial charge >= 0.3 is 0 Å². The molecule has 0 atom stereocenters. The van der Waals surface area contributed by atoms with Gasteiger partial charge in [0.15, 0.2) is 0 Å². The molecule has 1 aliphatic heterocycles. The number of carbonyl (C=O) groups is 1. The van der Waals surface area contributed by atoms with Crippen molar-refractivity contribution in [2.24, 2.45) is 0 Å². The van der Waals surface area contributed by atoms with E-state index < -0.39 is 0 Å². The fourth-order valence-corrected chi connectivity index (χ4v) is 3.04. The van der Waals surface area contributed by atoms with Crippen LogP contribution in [0.15, 0.2) is 36.6 Å². The van der Waals surface area contributed by atoms with Gasteiger partial charge in [-0.2, -0.15) is 0 Å². The highest BCUT2D eigenvalue weighted by Crippen LogP contribution is 2.32. The second-order valence-corrected chi connectivity index (χ2v) is 5.26. The average molecular weight is 260 g/mol. The van der Waals surface area contributed by atoms with Crippen molar-refractivity contribution in [2.75, 3.05) is 26.2 Å². The topological polar surface area (TPSA) is 23.6 Å². The Morgan fingerprint density at radius 1 is 1.11 bits per heavy atom. The van der Waals surface area contributed by atoms with E-state index in [1.807, 2.05) is 4.90 Å². The third-order valence-corrected chi connectivity index (χ3v) is 3.92. The van der Waals surface area contributed by atoms with Gasteiger partial charge in [-0.25, -0.2) is 0 Å². The van der Waals surface area contributed by atoms with Gasteiger partial charge in [0.05, 0.1) is 0 Å². The SMILES string of the molecule is C=CCN(CC=C)C(=O)C1=C(N2CCCC2)CCC1. The second-order valence-electron chi connectivity index (χ2n) is 5.26. The summed E-state index contributed by atoms with van der Waals surface area (Å²) >= 11 is 0. The molecule has 1 fully saturated rings. The molecule has 0 spiro atoms. The van der Waals surface area contributed by atoms with E-state index in [1.54, 1.807) is 12.2 Å². The number of allylic oxidation sites excluding steroid dienone is 1. The van der Waals surface area contributed by atoms with E-state index in [0.29, 0.717) is 13.1 Å². The van der Waals surface area contributed by atoms with Gasteiger partial charge in [0.25, 0.3) is 5.91 Å². The number of likely N-dealkylation sites (tertiary alicyclic amines) is 1. The van der Waals surface area contributed by atoms with Crippen molar-refractivity contribution in [1.29, 1.82) is 0 Å². The molecule has 0 radical (unpaired) electrons. The summed E-state index contributed by atoms with van der Waals surface area (Å²) in [5, 5.41) is 0. The van der Waals surface area contributed by atoms with E-state index in [2.05, 4.69) is 18.1 Å². The molecule has 0 aromatic rings. The van der Waals surface area contributed by atoms with E-state index in [9.17, 15) is 4.79 Å². The minimum absolute atomic E-state index is 0.180. The molecule has 0 saturated carbocycles. The third kappa shape index (κ3) is 3.09.